The molecule has 0 aliphatic heterocycles. The fraction of sp³-hybridized carbons (Fsp3) is 0.182. The molecule has 0 atom stereocenters. The maximum atomic E-state index is 12.8. The molecule has 0 bridgehead atoms. The molecule has 0 saturated heterocycles. The van der Waals surface area contributed by atoms with E-state index in [2.05, 4.69) is 18.2 Å². The van der Waals surface area contributed by atoms with Crippen LogP contribution in [0.25, 0.3) is 10.2 Å². The van der Waals surface area contributed by atoms with E-state index in [4.69, 9.17) is 11.6 Å². The van der Waals surface area contributed by atoms with Crippen molar-refractivity contribution in [3.63, 3.8) is 0 Å². The number of hydrogen-bond acceptors (Lipinski definition) is 4. The van der Waals surface area contributed by atoms with Gasteiger partial charge in [-0.05, 0) is 42.8 Å². The predicted octanol–water partition coefficient (Wildman–Crippen LogP) is 4.31. The number of thiazole rings is 1. The fourth-order valence-electron chi connectivity index (χ4n) is 3.14. The van der Waals surface area contributed by atoms with Crippen LogP contribution in [0.2, 0.25) is 5.02 Å². The maximum absolute atomic E-state index is 12.8. The first-order valence-corrected chi connectivity index (χ1v) is 12.0. The zero-order valence-corrected chi connectivity index (χ0v) is 19.6. The summed E-state index contributed by atoms with van der Waals surface area (Å²) in [6.07, 6.45) is 3.02. The van der Waals surface area contributed by atoms with Crippen LogP contribution in [0, 0.1) is 6.92 Å². The summed E-state index contributed by atoms with van der Waals surface area (Å²) in [6.45, 7) is 9.48. The fourth-order valence-corrected chi connectivity index (χ4v) is 5.89. The van der Waals surface area contributed by atoms with E-state index in [0.29, 0.717) is 15.4 Å². The summed E-state index contributed by atoms with van der Waals surface area (Å²) < 4.78 is 29.5. The number of aromatic nitrogens is 1. The lowest BCUT2D eigenvalue weighted by atomic mass is 10.2. The van der Waals surface area contributed by atoms with E-state index in [-0.39, 0.29) is 18.0 Å². The molecule has 31 heavy (non-hydrogen) atoms. The van der Waals surface area contributed by atoms with Gasteiger partial charge < -0.3 is 4.57 Å². The molecule has 0 fully saturated rings. The number of fused-ring (bicyclic) bond motifs is 1. The van der Waals surface area contributed by atoms with Gasteiger partial charge in [-0.3, -0.25) is 4.79 Å². The molecule has 1 aromatic heterocycles. The Bertz CT molecular complexity index is 1330. The van der Waals surface area contributed by atoms with Gasteiger partial charge in [0, 0.05) is 25.7 Å². The summed E-state index contributed by atoms with van der Waals surface area (Å²) in [7, 11) is -1.90. The second-order valence-electron chi connectivity index (χ2n) is 6.83. The molecule has 3 rings (SSSR count). The van der Waals surface area contributed by atoms with E-state index in [9.17, 15) is 13.2 Å². The lowest BCUT2D eigenvalue weighted by Gasteiger charge is -2.19. The van der Waals surface area contributed by atoms with E-state index < -0.39 is 15.9 Å². The second kappa shape index (κ2) is 9.32. The van der Waals surface area contributed by atoms with Crippen molar-refractivity contribution in [2.45, 2.75) is 11.8 Å². The van der Waals surface area contributed by atoms with Gasteiger partial charge in [-0.25, -0.2) is 8.42 Å². The second-order valence-corrected chi connectivity index (χ2v) is 10.1. The molecule has 162 valence electrons. The normalized spacial score (nSPS) is 12.5. The third-order valence-corrected chi connectivity index (χ3v) is 8.14. The number of amides is 1. The maximum Gasteiger partial charge on any atom is 0.279 e. The first-order valence-electron chi connectivity index (χ1n) is 9.36. The van der Waals surface area contributed by atoms with Crippen molar-refractivity contribution >= 4 is 49.1 Å². The van der Waals surface area contributed by atoms with E-state index in [1.165, 1.54) is 52.1 Å². The SMILES string of the molecule is C=CCN(CC=C)S(=O)(=O)c1ccc(C(=O)N=c2sc3c(Cl)ccc(C)c3n2C)cc1. The lowest BCUT2D eigenvalue weighted by Crippen LogP contribution is -2.31. The zero-order chi connectivity index (χ0) is 22.8. The molecule has 1 amide bonds. The smallest absolute Gasteiger partial charge is 0.279 e. The first-order chi connectivity index (χ1) is 14.7. The highest BCUT2D eigenvalue weighted by atomic mass is 35.5. The molecule has 2 aromatic carbocycles. The number of aryl methyl sites for hydroxylation is 2. The minimum atomic E-state index is -3.73. The molecule has 0 spiro atoms. The lowest BCUT2D eigenvalue weighted by molar-refractivity contribution is 0.0998. The predicted molar refractivity (Wildman–Crippen MR) is 126 cm³/mol. The number of hydrogen-bond donors (Lipinski definition) is 0. The molecule has 1 heterocycles. The Morgan fingerprint density at radius 1 is 1.16 bits per heavy atom. The van der Waals surface area contributed by atoms with Crippen LogP contribution in [0.5, 0.6) is 0 Å². The number of nitrogens with zero attached hydrogens (tertiary/aromatic N) is 3. The van der Waals surface area contributed by atoms with Crippen LogP contribution in [0.1, 0.15) is 15.9 Å². The molecular formula is C22H22ClN3O3S2. The summed E-state index contributed by atoms with van der Waals surface area (Å²) in [6, 6.07) is 9.48. The molecule has 0 unspecified atom stereocenters. The number of sulfonamides is 1. The number of rotatable bonds is 7. The zero-order valence-electron chi connectivity index (χ0n) is 17.2. The summed E-state index contributed by atoms with van der Waals surface area (Å²) in [5.74, 6) is -0.464. The molecule has 0 saturated carbocycles. The molecule has 0 radical (unpaired) electrons. The topological polar surface area (TPSA) is 71.7 Å². The summed E-state index contributed by atoms with van der Waals surface area (Å²) in [5.41, 5.74) is 2.25. The molecule has 0 aliphatic rings. The Kier molecular flexibility index (Phi) is 6.96. The van der Waals surface area contributed by atoms with E-state index in [1.807, 2.05) is 30.7 Å². The highest BCUT2D eigenvalue weighted by Crippen LogP contribution is 2.28. The van der Waals surface area contributed by atoms with Crippen molar-refractivity contribution in [1.29, 1.82) is 0 Å². The van der Waals surface area contributed by atoms with Gasteiger partial charge >= 0.3 is 0 Å². The van der Waals surface area contributed by atoms with Crippen LogP contribution in [0.4, 0.5) is 0 Å². The third-order valence-electron chi connectivity index (χ3n) is 4.70. The Morgan fingerprint density at radius 3 is 2.32 bits per heavy atom. The molecule has 0 N–H and O–H groups in total. The number of halogens is 1. The van der Waals surface area contributed by atoms with Crippen LogP contribution >= 0.6 is 22.9 Å². The van der Waals surface area contributed by atoms with Crippen LogP contribution < -0.4 is 4.80 Å². The summed E-state index contributed by atoms with van der Waals surface area (Å²) in [4.78, 5) is 17.5. The van der Waals surface area contributed by atoms with Gasteiger partial charge in [0.1, 0.15) is 0 Å². The van der Waals surface area contributed by atoms with Gasteiger partial charge in [-0.2, -0.15) is 9.30 Å². The number of carbonyl (C=O) groups is 1. The average molecular weight is 476 g/mol. The van der Waals surface area contributed by atoms with E-state index in [0.717, 1.165) is 15.8 Å². The van der Waals surface area contributed by atoms with Crippen LogP contribution in [-0.4, -0.2) is 36.3 Å². The van der Waals surface area contributed by atoms with Gasteiger partial charge in [0.05, 0.1) is 20.1 Å². The van der Waals surface area contributed by atoms with Gasteiger partial charge in [-0.1, -0.05) is 41.2 Å². The molecular weight excluding hydrogens is 454 g/mol. The summed E-state index contributed by atoms with van der Waals surface area (Å²) in [5, 5.41) is 0.605. The van der Waals surface area contributed by atoms with Gasteiger partial charge in [0.15, 0.2) is 4.80 Å². The molecule has 6 nitrogen and oxygen atoms in total. The molecule has 3 aromatic rings. The average Bonchev–Trinajstić information content (AvgIpc) is 3.08. The van der Waals surface area contributed by atoms with Crippen LogP contribution in [0.3, 0.4) is 0 Å². The number of carbonyl (C=O) groups excluding carboxylic acids is 1. The largest absolute Gasteiger partial charge is 0.319 e. The summed E-state index contributed by atoms with van der Waals surface area (Å²) >= 11 is 7.63. The standard InChI is InChI=1S/C22H22ClN3O3S2/c1-5-13-26(14-6-2)31(28,29)17-10-8-16(9-11-17)21(27)24-22-25(4)19-15(3)7-12-18(23)20(19)30-22/h5-12H,1-2,13-14H2,3-4H3. The Labute approximate surface area is 190 Å². The van der Waals surface area contributed by atoms with E-state index >= 15 is 0 Å². The Morgan fingerprint density at radius 2 is 1.77 bits per heavy atom. The van der Waals surface area contributed by atoms with Crippen LogP contribution in [0.15, 0.2) is 71.6 Å². The van der Waals surface area contributed by atoms with Crippen molar-refractivity contribution in [3.8, 4) is 0 Å². The third kappa shape index (κ3) is 4.57. The van der Waals surface area contributed by atoms with Crippen molar-refractivity contribution < 1.29 is 13.2 Å². The van der Waals surface area contributed by atoms with Gasteiger partial charge in [-0.15, -0.1) is 13.2 Å². The quantitative estimate of drug-likeness (QED) is 0.478. The molecule has 0 aliphatic carbocycles. The van der Waals surface area contributed by atoms with Crippen molar-refractivity contribution in [3.05, 3.63) is 82.7 Å². The minimum absolute atomic E-state index is 0.0857. The van der Waals surface area contributed by atoms with Crippen molar-refractivity contribution in [2.24, 2.45) is 12.0 Å². The van der Waals surface area contributed by atoms with Crippen LogP contribution in [-0.2, 0) is 17.1 Å². The van der Waals surface area contributed by atoms with Gasteiger partial charge in [0.25, 0.3) is 5.91 Å². The van der Waals surface area contributed by atoms with Crippen molar-refractivity contribution in [2.75, 3.05) is 13.1 Å². The Hall–Kier alpha value is -2.52. The van der Waals surface area contributed by atoms with Gasteiger partial charge in [0.2, 0.25) is 10.0 Å². The molecule has 9 heteroatoms. The van der Waals surface area contributed by atoms with E-state index in [1.54, 1.807) is 0 Å². The monoisotopic (exact) mass is 475 g/mol. The first kappa shape index (κ1) is 23.1. The van der Waals surface area contributed by atoms with Crippen molar-refractivity contribution in [1.82, 2.24) is 8.87 Å². The highest BCUT2D eigenvalue weighted by Gasteiger charge is 2.22. The minimum Gasteiger partial charge on any atom is -0.319 e. The number of benzene rings is 2. The highest BCUT2D eigenvalue weighted by molar-refractivity contribution is 7.89. The Balaban J connectivity index is 1.96.